The number of halogens is 2. The Balaban J connectivity index is 1.77. The van der Waals surface area contributed by atoms with Gasteiger partial charge < -0.3 is 5.32 Å². The molecule has 0 aliphatic rings. The van der Waals surface area contributed by atoms with Crippen LogP contribution in [0.5, 0.6) is 0 Å². The average Bonchev–Trinajstić information content (AvgIpc) is 3.15. The summed E-state index contributed by atoms with van der Waals surface area (Å²) >= 11 is 13.1. The number of benzene rings is 2. The molecule has 2 aromatic carbocycles. The smallest absolute Gasteiger partial charge is 0.324 e. The third-order valence-corrected chi connectivity index (χ3v) is 5.55. The van der Waals surface area contributed by atoms with Crippen molar-refractivity contribution in [2.45, 2.75) is 6.54 Å². The zero-order chi connectivity index (χ0) is 20.5. The van der Waals surface area contributed by atoms with Crippen molar-refractivity contribution in [3.05, 3.63) is 90.9 Å². The topological polar surface area (TPSA) is 73.1 Å². The average molecular weight is 446 g/mol. The number of aromatic nitrogens is 2. The molecule has 0 aliphatic carbocycles. The molecule has 0 atom stereocenters. The van der Waals surface area contributed by atoms with Crippen molar-refractivity contribution >= 4 is 56.3 Å². The van der Waals surface area contributed by atoms with Crippen LogP contribution < -0.4 is 16.6 Å². The minimum Gasteiger partial charge on any atom is -0.324 e. The number of para-hydroxylation sites is 1. The molecule has 0 fully saturated rings. The number of rotatable bonds is 4. The number of hydrogen-bond acceptors (Lipinski definition) is 4. The summed E-state index contributed by atoms with van der Waals surface area (Å²) in [4.78, 5) is 38.6. The molecule has 0 radical (unpaired) electrons. The molecule has 6 nitrogen and oxygen atoms in total. The fraction of sp³-hybridized carbons (Fsp3) is 0.0500. The minimum absolute atomic E-state index is 0.274. The van der Waals surface area contributed by atoms with Crippen LogP contribution >= 0.6 is 34.5 Å². The standard InChI is InChI=1S/C20H13Cl2N3O3S/c21-12-8-13(22)10-14(9-12)23-17(26)11-24-16-6-7-29-18(16)19(27)25(20(24)28)15-4-2-1-3-5-15/h1-10H,11H2,(H,23,26). The van der Waals surface area contributed by atoms with Crippen LogP contribution in [0.4, 0.5) is 5.69 Å². The number of nitrogens with one attached hydrogen (secondary N) is 1. The van der Waals surface area contributed by atoms with Crippen molar-refractivity contribution < 1.29 is 4.79 Å². The van der Waals surface area contributed by atoms with Crippen LogP contribution in [0, 0.1) is 0 Å². The molecule has 2 aromatic heterocycles. The van der Waals surface area contributed by atoms with Gasteiger partial charge in [0.1, 0.15) is 11.2 Å². The maximum absolute atomic E-state index is 13.1. The SMILES string of the molecule is O=C(Cn1c(=O)n(-c2ccccc2)c(=O)c2sccc21)Nc1cc(Cl)cc(Cl)c1. The van der Waals surface area contributed by atoms with Crippen LogP contribution in [0.25, 0.3) is 15.9 Å². The van der Waals surface area contributed by atoms with Gasteiger partial charge in [-0.3, -0.25) is 14.2 Å². The summed E-state index contributed by atoms with van der Waals surface area (Å²) in [6.45, 7) is -0.274. The largest absolute Gasteiger partial charge is 0.336 e. The molecule has 1 N–H and O–H groups in total. The highest BCUT2D eigenvalue weighted by Gasteiger charge is 2.17. The van der Waals surface area contributed by atoms with Gasteiger partial charge in [-0.25, -0.2) is 9.36 Å². The molecule has 4 rings (SSSR count). The third kappa shape index (κ3) is 3.85. The number of anilines is 1. The fourth-order valence-electron chi connectivity index (χ4n) is 3.01. The second-order valence-corrected chi connectivity index (χ2v) is 7.98. The lowest BCUT2D eigenvalue weighted by molar-refractivity contribution is -0.116. The number of nitrogens with zero attached hydrogens (tertiary/aromatic N) is 2. The molecule has 0 saturated carbocycles. The first-order valence-corrected chi connectivity index (χ1v) is 10.1. The van der Waals surface area contributed by atoms with E-state index in [9.17, 15) is 14.4 Å². The van der Waals surface area contributed by atoms with E-state index in [0.29, 0.717) is 31.6 Å². The lowest BCUT2D eigenvalue weighted by Crippen LogP contribution is -2.40. The monoisotopic (exact) mass is 445 g/mol. The Morgan fingerprint density at radius 1 is 1.00 bits per heavy atom. The Labute approximate surface area is 178 Å². The van der Waals surface area contributed by atoms with E-state index in [1.807, 2.05) is 0 Å². The molecule has 0 aliphatic heterocycles. The van der Waals surface area contributed by atoms with Crippen molar-refractivity contribution in [3.63, 3.8) is 0 Å². The second kappa shape index (κ2) is 7.87. The summed E-state index contributed by atoms with van der Waals surface area (Å²) in [5.41, 5.74) is 0.263. The summed E-state index contributed by atoms with van der Waals surface area (Å²) in [6, 6.07) is 14.9. The van der Waals surface area contributed by atoms with Crippen molar-refractivity contribution in [1.29, 1.82) is 0 Å². The summed E-state index contributed by atoms with van der Waals surface area (Å²) in [5.74, 6) is -0.448. The zero-order valence-corrected chi connectivity index (χ0v) is 17.1. The van der Waals surface area contributed by atoms with E-state index in [-0.39, 0.29) is 6.54 Å². The Bertz CT molecular complexity index is 1320. The van der Waals surface area contributed by atoms with Crippen LogP contribution in [0.15, 0.2) is 69.6 Å². The molecule has 29 heavy (non-hydrogen) atoms. The van der Waals surface area contributed by atoms with E-state index >= 15 is 0 Å². The van der Waals surface area contributed by atoms with Gasteiger partial charge in [0.2, 0.25) is 5.91 Å². The number of fused-ring (bicyclic) bond motifs is 1. The zero-order valence-electron chi connectivity index (χ0n) is 14.8. The third-order valence-electron chi connectivity index (χ3n) is 4.22. The minimum atomic E-state index is -0.591. The van der Waals surface area contributed by atoms with E-state index in [2.05, 4.69) is 5.32 Å². The van der Waals surface area contributed by atoms with E-state index < -0.39 is 17.2 Å². The van der Waals surface area contributed by atoms with E-state index in [1.54, 1.807) is 60.0 Å². The highest BCUT2D eigenvalue weighted by molar-refractivity contribution is 7.17. The molecule has 4 aromatic rings. The van der Waals surface area contributed by atoms with Crippen molar-refractivity contribution in [3.8, 4) is 5.69 Å². The van der Waals surface area contributed by atoms with Crippen LogP contribution in [0.3, 0.4) is 0 Å². The van der Waals surface area contributed by atoms with Crippen LogP contribution in [-0.2, 0) is 11.3 Å². The van der Waals surface area contributed by atoms with Crippen molar-refractivity contribution in [2.75, 3.05) is 5.32 Å². The molecular weight excluding hydrogens is 433 g/mol. The first kappa shape index (κ1) is 19.4. The Morgan fingerprint density at radius 3 is 2.38 bits per heavy atom. The second-order valence-electron chi connectivity index (χ2n) is 6.19. The number of thiophene rings is 1. The van der Waals surface area contributed by atoms with Gasteiger partial charge in [0.15, 0.2) is 0 Å². The maximum atomic E-state index is 13.1. The van der Waals surface area contributed by atoms with Gasteiger partial charge in [0.05, 0.1) is 11.2 Å². The molecule has 146 valence electrons. The first-order chi connectivity index (χ1) is 13.9. The van der Waals surface area contributed by atoms with Crippen LogP contribution in [0.2, 0.25) is 10.0 Å². The number of carbonyl (C=O) groups is 1. The van der Waals surface area contributed by atoms with Crippen LogP contribution in [0.1, 0.15) is 0 Å². The highest BCUT2D eigenvalue weighted by atomic mass is 35.5. The van der Waals surface area contributed by atoms with Gasteiger partial charge in [0, 0.05) is 15.7 Å². The van der Waals surface area contributed by atoms with Crippen LogP contribution in [-0.4, -0.2) is 15.0 Å². The molecule has 0 spiro atoms. The molecule has 9 heteroatoms. The summed E-state index contributed by atoms with van der Waals surface area (Å²) in [6.07, 6.45) is 0. The predicted octanol–water partition coefficient (Wildman–Crippen LogP) is 4.16. The lowest BCUT2D eigenvalue weighted by Gasteiger charge is -2.12. The number of hydrogen-bond donors (Lipinski definition) is 1. The molecule has 2 heterocycles. The number of amides is 1. The molecule has 0 unspecified atom stereocenters. The quantitative estimate of drug-likeness (QED) is 0.512. The molecule has 0 bridgehead atoms. The van der Waals surface area contributed by atoms with E-state index in [0.717, 1.165) is 4.57 Å². The highest BCUT2D eigenvalue weighted by Crippen LogP contribution is 2.22. The van der Waals surface area contributed by atoms with E-state index in [1.165, 1.54) is 15.9 Å². The normalized spacial score (nSPS) is 11.0. The van der Waals surface area contributed by atoms with Crippen molar-refractivity contribution in [1.82, 2.24) is 9.13 Å². The Hall–Kier alpha value is -2.87. The maximum Gasteiger partial charge on any atom is 0.336 e. The summed E-state index contributed by atoms with van der Waals surface area (Å²) < 4.78 is 2.75. The predicted molar refractivity (Wildman–Crippen MR) is 117 cm³/mol. The lowest BCUT2D eigenvalue weighted by atomic mass is 10.3. The Morgan fingerprint density at radius 2 is 1.69 bits per heavy atom. The van der Waals surface area contributed by atoms with Gasteiger partial charge in [0.25, 0.3) is 5.56 Å². The van der Waals surface area contributed by atoms with Gasteiger partial charge in [-0.05, 0) is 41.8 Å². The Kier molecular flexibility index (Phi) is 5.27. The van der Waals surface area contributed by atoms with Gasteiger partial charge in [-0.1, -0.05) is 41.4 Å². The summed E-state index contributed by atoms with van der Waals surface area (Å²) in [7, 11) is 0. The molecular formula is C20H13Cl2N3O3S. The van der Waals surface area contributed by atoms with Gasteiger partial charge in [-0.15, -0.1) is 11.3 Å². The fourth-order valence-corrected chi connectivity index (χ4v) is 4.37. The molecule has 0 saturated heterocycles. The van der Waals surface area contributed by atoms with E-state index in [4.69, 9.17) is 23.2 Å². The summed E-state index contributed by atoms with van der Waals surface area (Å²) in [5, 5.41) is 5.15. The number of carbonyl (C=O) groups excluding carboxylic acids is 1. The van der Waals surface area contributed by atoms with Gasteiger partial charge in [-0.2, -0.15) is 0 Å². The van der Waals surface area contributed by atoms with Gasteiger partial charge >= 0.3 is 5.69 Å². The first-order valence-electron chi connectivity index (χ1n) is 8.48. The molecule has 1 amide bonds. The van der Waals surface area contributed by atoms with Crippen molar-refractivity contribution in [2.24, 2.45) is 0 Å².